The summed E-state index contributed by atoms with van der Waals surface area (Å²) in [6, 6.07) is 10.9. The highest BCUT2D eigenvalue weighted by Gasteiger charge is 1.97. The Morgan fingerprint density at radius 1 is 1.00 bits per heavy atom. The van der Waals surface area contributed by atoms with Gasteiger partial charge in [0.25, 0.3) is 0 Å². The molecule has 0 saturated heterocycles. The van der Waals surface area contributed by atoms with Crippen molar-refractivity contribution in [3.05, 3.63) is 53.1 Å². The Morgan fingerprint density at radius 3 is 2.50 bits per heavy atom. The van der Waals surface area contributed by atoms with Crippen LogP contribution < -0.4 is 22.5 Å². The molecule has 0 radical (unpaired) electrons. The molecule has 0 saturated carbocycles. The summed E-state index contributed by atoms with van der Waals surface area (Å²) in [6.07, 6.45) is 3.90. The molecule has 7 N–H and O–H groups in total. The van der Waals surface area contributed by atoms with Crippen molar-refractivity contribution in [2.24, 2.45) is 0 Å². The number of anilines is 4. The molecule has 0 fully saturated rings. The van der Waals surface area contributed by atoms with E-state index in [0.29, 0.717) is 28.6 Å². The molecule has 2 rings (SSSR count). The maximum Gasteiger partial charge on any atom is 0.0655 e. The van der Waals surface area contributed by atoms with Crippen LogP contribution in [0.25, 0.3) is 6.08 Å². The highest BCUT2D eigenvalue weighted by Crippen LogP contribution is 2.22. The van der Waals surface area contributed by atoms with Gasteiger partial charge in [0.2, 0.25) is 0 Å². The minimum absolute atomic E-state index is 0.541. The van der Waals surface area contributed by atoms with Crippen molar-refractivity contribution >= 4 is 40.4 Å². The van der Waals surface area contributed by atoms with Gasteiger partial charge >= 0.3 is 0 Å². The zero-order valence-electron chi connectivity index (χ0n) is 10.9. The van der Waals surface area contributed by atoms with Crippen LogP contribution in [-0.4, -0.2) is 6.54 Å². The topological polar surface area (TPSA) is 90.1 Å². The highest BCUT2D eigenvalue weighted by atomic mass is 35.5. The van der Waals surface area contributed by atoms with Crippen molar-refractivity contribution in [3.63, 3.8) is 0 Å². The monoisotopic (exact) mass is 288 g/mol. The Balaban J connectivity index is 1.96. The van der Waals surface area contributed by atoms with Gasteiger partial charge in [-0.1, -0.05) is 23.8 Å². The van der Waals surface area contributed by atoms with Crippen molar-refractivity contribution in [3.8, 4) is 0 Å². The van der Waals surface area contributed by atoms with Crippen LogP contribution in [0.4, 0.5) is 22.7 Å². The Hall–Kier alpha value is -2.33. The summed E-state index contributed by atoms with van der Waals surface area (Å²) in [4.78, 5) is 0. The third kappa shape index (κ3) is 3.59. The first kappa shape index (κ1) is 14.1. The smallest absolute Gasteiger partial charge is 0.0655 e. The first-order valence-corrected chi connectivity index (χ1v) is 6.54. The SMILES string of the molecule is Nc1ccc(N)c(/C=C/CNc2ccc(N)c(Cl)c2)c1. The van der Waals surface area contributed by atoms with Gasteiger partial charge in [0.05, 0.1) is 10.7 Å². The number of hydrogen-bond donors (Lipinski definition) is 4. The summed E-state index contributed by atoms with van der Waals surface area (Å²) in [5, 5.41) is 3.76. The maximum absolute atomic E-state index is 5.95. The van der Waals surface area contributed by atoms with Gasteiger partial charge in [0.15, 0.2) is 0 Å². The summed E-state index contributed by atoms with van der Waals surface area (Å²) in [5.74, 6) is 0. The maximum atomic E-state index is 5.95. The van der Waals surface area contributed by atoms with Crippen LogP contribution >= 0.6 is 11.6 Å². The van der Waals surface area contributed by atoms with Crippen LogP contribution in [0.1, 0.15) is 5.56 Å². The van der Waals surface area contributed by atoms with Gasteiger partial charge < -0.3 is 22.5 Å². The summed E-state index contributed by atoms with van der Waals surface area (Å²) >= 11 is 5.95. The van der Waals surface area contributed by atoms with E-state index in [1.54, 1.807) is 24.3 Å². The second-order valence-electron chi connectivity index (χ2n) is 4.41. The molecule has 0 unspecified atom stereocenters. The molecule has 2 aromatic rings. The van der Waals surface area contributed by atoms with E-state index in [4.69, 9.17) is 28.8 Å². The van der Waals surface area contributed by atoms with E-state index in [9.17, 15) is 0 Å². The number of benzene rings is 2. The fourth-order valence-electron chi connectivity index (χ4n) is 1.74. The lowest BCUT2D eigenvalue weighted by Crippen LogP contribution is -1.99. The van der Waals surface area contributed by atoms with Gasteiger partial charge in [-0.15, -0.1) is 0 Å². The number of nitrogen functional groups attached to an aromatic ring is 3. The Morgan fingerprint density at radius 2 is 1.75 bits per heavy atom. The zero-order chi connectivity index (χ0) is 14.5. The molecule has 104 valence electrons. The number of hydrogen-bond acceptors (Lipinski definition) is 4. The molecule has 20 heavy (non-hydrogen) atoms. The Bertz CT molecular complexity index is 638. The van der Waals surface area contributed by atoms with Gasteiger partial charge in [-0.3, -0.25) is 0 Å². The molecule has 0 bridgehead atoms. The third-order valence-electron chi connectivity index (χ3n) is 2.83. The van der Waals surface area contributed by atoms with Gasteiger partial charge in [0, 0.05) is 23.6 Å². The molecule has 0 spiro atoms. The van der Waals surface area contributed by atoms with Crippen LogP contribution in [0.3, 0.4) is 0 Å². The van der Waals surface area contributed by atoms with E-state index in [1.165, 1.54) is 0 Å². The number of nitrogens with one attached hydrogen (secondary N) is 1. The molecule has 4 nitrogen and oxygen atoms in total. The van der Waals surface area contributed by atoms with E-state index in [1.807, 2.05) is 24.3 Å². The Kier molecular flexibility index (Phi) is 4.38. The van der Waals surface area contributed by atoms with Crippen molar-refractivity contribution in [2.45, 2.75) is 0 Å². The van der Waals surface area contributed by atoms with Crippen molar-refractivity contribution in [1.82, 2.24) is 0 Å². The summed E-state index contributed by atoms with van der Waals surface area (Å²) in [7, 11) is 0. The van der Waals surface area contributed by atoms with E-state index < -0.39 is 0 Å². The predicted molar refractivity (Wildman–Crippen MR) is 88.7 cm³/mol. The lowest BCUT2D eigenvalue weighted by Gasteiger charge is -2.06. The molecular formula is C15H17ClN4. The lowest BCUT2D eigenvalue weighted by atomic mass is 10.1. The molecular weight excluding hydrogens is 272 g/mol. The molecule has 5 heteroatoms. The van der Waals surface area contributed by atoms with Crippen molar-refractivity contribution in [2.75, 3.05) is 29.1 Å². The molecule has 0 atom stereocenters. The highest BCUT2D eigenvalue weighted by molar-refractivity contribution is 6.33. The van der Waals surface area contributed by atoms with Crippen LogP contribution in [0.5, 0.6) is 0 Å². The normalized spacial score (nSPS) is 10.8. The minimum Gasteiger partial charge on any atom is -0.399 e. The molecule has 0 aliphatic heterocycles. The summed E-state index contributed by atoms with van der Waals surface area (Å²) in [5.41, 5.74) is 21.0. The minimum atomic E-state index is 0.541. The van der Waals surface area contributed by atoms with Gasteiger partial charge in [-0.05, 0) is 42.0 Å². The van der Waals surface area contributed by atoms with E-state index >= 15 is 0 Å². The van der Waals surface area contributed by atoms with Crippen molar-refractivity contribution in [1.29, 1.82) is 0 Å². The second-order valence-corrected chi connectivity index (χ2v) is 4.82. The average Bonchev–Trinajstić information content (AvgIpc) is 2.42. The molecule has 0 aliphatic rings. The lowest BCUT2D eigenvalue weighted by molar-refractivity contribution is 1.34. The number of halogens is 1. The van der Waals surface area contributed by atoms with Crippen molar-refractivity contribution < 1.29 is 0 Å². The van der Waals surface area contributed by atoms with E-state index in [-0.39, 0.29) is 0 Å². The van der Waals surface area contributed by atoms with Gasteiger partial charge in [0.1, 0.15) is 0 Å². The fourth-order valence-corrected chi connectivity index (χ4v) is 1.92. The second kappa shape index (κ2) is 6.21. The van der Waals surface area contributed by atoms with Crippen LogP contribution in [0.15, 0.2) is 42.5 Å². The molecule has 0 heterocycles. The van der Waals surface area contributed by atoms with Gasteiger partial charge in [-0.2, -0.15) is 0 Å². The molecule has 0 aliphatic carbocycles. The quantitative estimate of drug-likeness (QED) is 0.650. The molecule has 2 aromatic carbocycles. The average molecular weight is 289 g/mol. The van der Waals surface area contributed by atoms with Crippen LogP contribution in [0.2, 0.25) is 5.02 Å². The number of rotatable bonds is 4. The van der Waals surface area contributed by atoms with Crippen LogP contribution in [-0.2, 0) is 0 Å². The predicted octanol–water partition coefficient (Wildman–Crippen LogP) is 3.21. The third-order valence-corrected chi connectivity index (χ3v) is 3.16. The van der Waals surface area contributed by atoms with E-state index in [0.717, 1.165) is 11.3 Å². The first-order chi connectivity index (χ1) is 9.56. The van der Waals surface area contributed by atoms with Crippen LogP contribution in [0, 0.1) is 0 Å². The van der Waals surface area contributed by atoms with Gasteiger partial charge in [-0.25, -0.2) is 0 Å². The van der Waals surface area contributed by atoms with E-state index in [2.05, 4.69) is 5.32 Å². The standard InChI is InChI=1S/C15H17ClN4/c16-13-9-12(4-6-15(13)19)20-7-1-2-10-8-11(17)3-5-14(10)18/h1-6,8-9,20H,7,17-19H2/b2-1+. The Labute approximate surface area is 123 Å². The zero-order valence-corrected chi connectivity index (χ0v) is 11.7. The first-order valence-electron chi connectivity index (χ1n) is 6.16. The molecule has 0 amide bonds. The summed E-state index contributed by atoms with van der Waals surface area (Å²) in [6.45, 7) is 0.647. The largest absolute Gasteiger partial charge is 0.399 e. The fraction of sp³-hybridized carbons (Fsp3) is 0.0667. The number of nitrogens with two attached hydrogens (primary N) is 3. The molecule has 0 aromatic heterocycles. The summed E-state index contributed by atoms with van der Waals surface area (Å²) < 4.78 is 0.